The first-order valence-corrected chi connectivity index (χ1v) is 3.28. The Kier molecular flexibility index (Phi) is 2.43. The number of fused-ring (bicyclic) bond motifs is 2. The zero-order chi connectivity index (χ0) is 4.69. The minimum absolute atomic E-state index is 0. The Balaban J connectivity index is 0.000000320. The van der Waals surface area contributed by atoms with Gasteiger partial charge in [-0.25, -0.2) is 0 Å². The van der Waals surface area contributed by atoms with E-state index in [9.17, 15) is 0 Å². The third-order valence-corrected chi connectivity index (χ3v) is 2.38. The number of hydrogen-bond donors (Lipinski definition) is 0. The fourth-order valence-electron chi connectivity index (χ4n) is 1.93. The van der Waals surface area contributed by atoms with Gasteiger partial charge in [0.15, 0.2) is 0 Å². The van der Waals surface area contributed by atoms with Crippen LogP contribution in [0.25, 0.3) is 0 Å². The van der Waals surface area contributed by atoms with Crippen LogP contribution in [0.1, 0.15) is 25.7 Å². The molecule has 2 aliphatic carbocycles. The molecule has 2 unspecified atom stereocenters. The second-order valence-corrected chi connectivity index (χ2v) is 2.91. The summed E-state index contributed by atoms with van der Waals surface area (Å²) in [5.74, 6) is 2.16. The molecular formula is C7H11Np-. The van der Waals surface area contributed by atoms with E-state index in [2.05, 4.69) is 6.42 Å². The van der Waals surface area contributed by atoms with E-state index >= 15 is 0 Å². The smallest absolute Gasteiger partial charge is 0 e. The summed E-state index contributed by atoms with van der Waals surface area (Å²) in [4.78, 5) is 0. The quantitative estimate of drug-likeness (QED) is 0.596. The summed E-state index contributed by atoms with van der Waals surface area (Å²) in [5.41, 5.74) is 0. The van der Waals surface area contributed by atoms with Crippen LogP contribution >= 0.6 is 0 Å². The van der Waals surface area contributed by atoms with Crippen LogP contribution in [0.2, 0.25) is 0 Å². The molecule has 2 aliphatic rings. The zero-order valence-electron chi connectivity index (χ0n) is 5.01. The fourth-order valence-corrected chi connectivity index (χ4v) is 1.93. The Morgan fingerprint density at radius 1 is 1.25 bits per heavy atom. The maximum absolute atomic E-state index is 2.51. The molecule has 1 heteroatoms. The van der Waals surface area contributed by atoms with Crippen molar-refractivity contribution in [2.75, 3.05) is 0 Å². The molecule has 0 amide bonds. The summed E-state index contributed by atoms with van der Waals surface area (Å²) in [6.45, 7) is 0. The average molecular weight is 332 g/mol. The molecule has 0 aromatic heterocycles. The third kappa shape index (κ3) is 1.12. The van der Waals surface area contributed by atoms with Crippen LogP contribution in [0.4, 0.5) is 0 Å². The van der Waals surface area contributed by atoms with E-state index in [0.29, 0.717) is 0 Å². The molecule has 0 aliphatic heterocycles. The van der Waals surface area contributed by atoms with Gasteiger partial charge < -0.3 is 6.42 Å². The van der Waals surface area contributed by atoms with Gasteiger partial charge in [-0.15, -0.1) is 0 Å². The Morgan fingerprint density at radius 2 is 2.12 bits per heavy atom. The van der Waals surface area contributed by atoms with Crippen molar-refractivity contribution in [1.82, 2.24) is 0 Å². The molecule has 2 bridgehead atoms. The van der Waals surface area contributed by atoms with E-state index in [1.807, 2.05) is 0 Å². The standard InChI is InChI=1S/C7H11.Np/c1-2-7-4-3-6(1)5-7;/h1,6-7H,2-5H2;/q-1;. The van der Waals surface area contributed by atoms with Crippen molar-refractivity contribution >= 4 is 0 Å². The van der Waals surface area contributed by atoms with E-state index in [1.54, 1.807) is 0 Å². The van der Waals surface area contributed by atoms with Crippen molar-refractivity contribution in [2.45, 2.75) is 25.7 Å². The van der Waals surface area contributed by atoms with Crippen molar-refractivity contribution in [3.8, 4) is 0 Å². The van der Waals surface area contributed by atoms with Gasteiger partial charge >= 0.3 is 0 Å². The van der Waals surface area contributed by atoms with Gasteiger partial charge in [-0.1, -0.05) is 25.2 Å². The fraction of sp³-hybridized carbons (Fsp3) is 0.857. The Morgan fingerprint density at radius 3 is 2.25 bits per heavy atom. The molecule has 2 fully saturated rings. The van der Waals surface area contributed by atoms with Crippen molar-refractivity contribution in [3.63, 3.8) is 0 Å². The van der Waals surface area contributed by atoms with Gasteiger partial charge in [-0.3, -0.25) is 0 Å². The molecule has 8 heavy (non-hydrogen) atoms. The van der Waals surface area contributed by atoms with Crippen LogP contribution < -0.4 is 0 Å². The van der Waals surface area contributed by atoms with E-state index in [-0.39, 0.29) is 29.9 Å². The molecule has 1 radical (unpaired) electrons. The Bertz CT molecular complexity index is 62.5. The molecule has 2 saturated carbocycles. The molecule has 0 heterocycles. The van der Waals surface area contributed by atoms with Gasteiger partial charge in [0.2, 0.25) is 0 Å². The maximum atomic E-state index is 2.51. The molecule has 0 aromatic rings. The molecule has 0 aromatic carbocycles. The third-order valence-electron chi connectivity index (χ3n) is 2.38. The predicted octanol–water partition coefficient (Wildman–Crippen LogP) is 2.01. The first-order valence-electron chi connectivity index (χ1n) is 3.28. The first-order chi connectivity index (χ1) is 3.45. The summed E-state index contributed by atoms with van der Waals surface area (Å²) >= 11 is 0. The second kappa shape index (κ2) is 2.73. The van der Waals surface area contributed by atoms with Crippen LogP contribution in [0, 0.1) is 48.2 Å². The summed E-state index contributed by atoms with van der Waals surface area (Å²) in [7, 11) is 0. The second-order valence-electron chi connectivity index (χ2n) is 2.91. The Hall–Kier alpha value is 1.01. The molecule has 2 rings (SSSR count). The van der Waals surface area contributed by atoms with Crippen LogP contribution in [-0.2, 0) is 0 Å². The monoisotopic (exact) mass is 331 g/mol. The van der Waals surface area contributed by atoms with Crippen molar-refractivity contribution in [3.05, 3.63) is 6.42 Å². The number of rotatable bonds is 0. The first kappa shape index (κ1) is 7.12. The molecular weight excluding hydrogens is 321 g/mol. The van der Waals surface area contributed by atoms with Crippen LogP contribution in [0.3, 0.4) is 0 Å². The van der Waals surface area contributed by atoms with Gasteiger partial charge in [-0.2, -0.15) is 12.3 Å². The summed E-state index contributed by atoms with van der Waals surface area (Å²) < 4.78 is 0. The minimum Gasteiger partial charge on any atom is -0.325 e. The van der Waals surface area contributed by atoms with Gasteiger partial charge in [0.25, 0.3) is 0 Å². The van der Waals surface area contributed by atoms with Crippen LogP contribution in [0.5, 0.6) is 0 Å². The molecule has 0 saturated heterocycles. The van der Waals surface area contributed by atoms with Gasteiger partial charge in [-0.05, 0) is 0 Å². The summed E-state index contributed by atoms with van der Waals surface area (Å²) in [6.07, 6.45) is 8.50. The largest absolute Gasteiger partial charge is 0.325 e. The maximum Gasteiger partial charge on any atom is 0 e. The van der Waals surface area contributed by atoms with Crippen molar-refractivity contribution < 1.29 is 29.9 Å². The van der Waals surface area contributed by atoms with Crippen molar-refractivity contribution in [2.24, 2.45) is 11.8 Å². The molecule has 0 N–H and O–H groups in total. The van der Waals surface area contributed by atoms with E-state index in [0.717, 1.165) is 11.8 Å². The van der Waals surface area contributed by atoms with Crippen LogP contribution in [-0.4, -0.2) is 0 Å². The number of hydrogen-bond acceptors (Lipinski definition) is 0. The van der Waals surface area contributed by atoms with E-state index < -0.39 is 0 Å². The average Bonchev–Trinajstić information content (AvgIpc) is 2.22. The molecule has 45 valence electrons. The normalized spacial score (nSPS) is 42.0. The molecule has 2 atom stereocenters. The SMILES string of the molecule is [CH-]1CC2CCC1C2.[Np]. The predicted molar refractivity (Wildman–Crippen MR) is 29.7 cm³/mol. The van der Waals surface area contributed by atoms with Gasteiger partial charge in [0.05, 0.1) is 0 Å². The molecule has 0 spiro atoms. The van der Waals surface area contributed by atoms with E-state index in [1.165, 1.54) is 25.7 Å². The zero-order valence-corrected chi connectivity index (χ0v) is 8.73. The topological polar surface area (TPSA) is 0 Å². The summed E-state index contributed by atoms with van der Waals surface area (Å²) in [5, 5.41) is 0. The summed E-state index contributed by atoms with van der Waals surface area (Å²) in [6, 6.07) is 0. The Labute approximate surface area is 73.7 Å². The van der Waals surface area contributed by atoms with Gasteiger partial charge in [0, 0.05) is 29.9 Å². The minimum atomic E-state index is 0. The van der Waals surface area contributed by atoms with E-state index in [4.69, 9.17) is 0 Å². The molecule has 0 nitrogen and oxygen atoms in total. The van der Waals surface area contributed by atoms with Crippen LogP contribution in [0.15, 0.2) is 0 Å². The van der Waals surface area contributed by atoms with Crippen molar-refractivity contribution in [1.29, 1.82) is 0 Å². The van der Waals surface area contributed by atoms with Gasteiger partial charge in [0.1, 0.15) is 0 Å².